The summed E-state index contributed by atoms with van der Waals surface area (Å²) in [4.78, 5) is 12.0. The van der Waals surface area contributed by atoms with Gasteiger partial charge in [0.15, 0.2) is 0 Å². The van der Waals surface area contributed by atoms with Crippen molar-refractivity contribution in [2.45, 2.75) is 13.3 Å². The highest BCUT2D eigenvalue weighted by molar-refractivity contribution is 5.78. The van der Waals surface area contributed by atoms with Crippen LogP contribution in [0, 0.1) is 6.92 Å². The van der Waals surface area contributed by atoms with Gasteiger partial charge in [0.2, 0.25) is 11.8 Å². The Balaban J connectivity index is 1.42. The highest BCUT2D eigenvalue weighted by Gasteiger charge is 2.05. The molecule has 0 spiro atoms. The van der Waals surface area contributed by atoms with Crippen molar-refractivity contribution in [2.75, 3.05) is 20.3 Å². The maximum atomic E-state index is 12.0. The van der Waals surface area contributed by atoms with Gasteiger partial charge in [0.25, 0.3) is 0 Å². The normalized spacial score (nSPS) is 10.4. The summed E-state index contributed by atoms with van der Waals surface area (Å²) in [7, 11) is 1.63. The largest absolute Gasteiger partial charge is 0.497 e. The molecule has 1 aromatic heterocycles. The van der Waals surface area contributed by atoms with E-state index < -0.39 is 0 Å². The molecule has 0 aliphatic heterocycles. The first-order chi connectivity index (χ1) is 13.6. The van der Waals surface area contributed by atoms with E-state index in [2.05, 4.69) is 15.5 Å². The van der Waals surface area contributed by atoms with Crippen molar-refractivity contribution in [3.8, 4) is 22.9 Å². The second kappa shape index (κ2) is 9.50. The van der Waals surface area contributed by atoms with Crippen LogP contribution < -0.4 is 14.8 Å². The second-order valence-corrected chi connectivity index (χ2v) is 6.35. The van der Waals surface area contributed by atoms with Gasteiger partial charge in [0.05, 0.1) is 25.8 Å². The molecule has 28 heavy (non-hydrogen) atoms. The Morgan fingerprint density at radius 1 is 1.04 bits per heavy atom. The van der Waals surface area contributed by atoms with Crippen molar-refractivity contribution >= 4 is 5.91 Å². The molecular formula is C22H23N3O3. The average molecular weight is 377 g/mol. The minimum absolute atomic E-state index is 0.0323. The molecular weight excluding hydrogens is 354 g/mol. The highest BCUT2D eigenvalue weighted by atomic mass is 16.5. The molecule has 1 amide bonds. The molecule has 0 atom stereocenters. The van der Waals surface area contributed by atoms with E-state index in [1.165, 1.54) is 0 Å². The maximum absolute atomic E-state index is 12.0. The number of aromatic nitrogens is 2. The van der Waals surface area contributed by atoms with Crippen molar-refractivity contribution in [1.82, 2.24) is 15.5 Å². The zero-order valence-corrected chi connectivity index (χ0v) is 16.0. The lowest BCUT2D eigenvalue weighted by Crippen LogP contribution is -2.29. The highest BCUT2D eigenvalue weighted by Crippen LogP contribution is 2.20. The Morgan fingerprint density at radius 3 is 2.54 bits per heavy atom. The molecule has 0 bridgehead atoms. The number of hydrogen-bond acceptors (Lipinski definition) is 5. The third kappa shape index (κ3) is 5.54. The smallest absolute Gasteiger partial charge is 0.233 e. The van der Waals surface area contributed by atoms with E-state index in [1.54, 1.807) is 13.2 Å². The molecule has 0 aliphatic carbocycles. The zero-order valence-electron chi connectivity index (χ0n) is 16.0. The number of amides is 1. The van der Waals surface area contributed by atoms with Crippen LogP contribution in [0.5, 0.6) is 11.6 Å². The molecule has 0 radical (unpaired) electrons. The molecule has 3 rings (SSSR count). The first-order valence-electron chi connectivity index (χ1n) is 9.07. The average Bonchev–Trinajstić information content (AvgIpc) is 2.72. The summed E-state index contributed by atoms with van der Waals surface area (Å²) < 4.78 is 10.7. The Hall–Kier alpha value is -3.41. The van der Waals surface area contributed by atoms with E-state index in [1.807, 2.05) is 61.5 Å². The van der Waals surface area contributed by atoms with Gasteiger partial charge in [-0.3, -0.25) is 4.79 Å². The molecule has 3 aromatic rings. The topological polar surface area (TPSA) is 73.3 Å². The standard InChI is InChI=1S/C22H23N3O3/c1-16-4-3-5-17(14-16)15-21(26)23-12-13-28-22-11-10-20(24-25-22)18-6-8-19(27-2)9-7-18/h3-11,14H,12-13,15H2,1-2H3,(H,23,26). The number of hydrogen-bond donors (Lipinski definition) is 1. The van der Waals surface area contributed by atoms with Crippen LogP contribution in [0.15, 0.2) is 60.7 Å². The Bertz CT molecular complexity index is 909. The molecule has 1 heterocycles. The quantitative estimate of drug-likeness (QED) is 0.610. The molecule has 0 unspecified atom stereocenters. The molecule has 144 valence electrons. The number of nitrogens with one attached hydrogen (secondary N) is 1. The minimum Gasteiger partial charge on any atom is -0.497 e. The number of rotatable bonds is 8. The van der Waals surface area contributed by atoms with Gasteiger partial charge in [-0.05, 0) is 42.8 Å². The van der Waals surface area contributed by atoms with Crippen molar-refractivity contribution in [1.29, 1.82) is 0 Å². The number of nitrogens with zero attached hydrogens (tertiary/aromatic N) is 2. The van der Waals surface area contributed by atoms with Gasteiger partial charge < -0.3 is 14.8 Å². The summed E-state index contributed by atoms with van der Waals surface area (Å²) in [5.41, 5.74) is 3.84. The predicted octanol–water partition coefficient (Wildman–Crippen LogP) is 3.20. The van der Waals surface area contributed by atoms with Crippen LogP contribution in [0.25, 0.3) is 11.3 Å². The second-order valence-electron chi connectivity index (χ2n) is 6.35. The van der Waals surface area contributed by atoms with Crippen molar-refractivity contribution in [2.24, 2.45) is 0 Å². The van der Waals surface area contributed by atoms with Gasteiger partial charge in [-0.15, -0.1) is 10.2 Å². The van der Waals surface area contributed by atoms with Crippen molar-refractivity contribution in [3.05, 3.63) is 71.8 Å². The van der Waals surface area contributed by atoms with Crippen molar-refractivity contribution in [3.63, 3.8) is 0 Å². The van der Waals surface area contributed by atoms with Gasteiger partial charge in [-0.1, -0.05) is 29.8 Å². The molecule has 1 N–H and O–H groups in total. The number of benzene rings is 2. The van der Waals surface area contributed by atoms with E-state index in [0.29, 0.717) is 25.5 Å². The fourth-order valence-electron chi connectivity index (χ4n) is 2.73. The van der Waals surface area contributed by atoms with E-state index in [4.69, 9.17) is 9.47 Å². The number of carbonyl (C=O) groups is 1. The zero-order chi connectivity index (χ0) is 19.8. The lowest BCUT2D eigenvalue weighted by atomic mass is 10.1. The van der Waals surface area contributed by atoms with Crippen LogP contribution >= 0.6 is 0 Å². The molecule has 0 aliphatic rings. The number of methoxy groups -OCH3 is 1. The fourth-order valence-corrected chi connectivity index (χ4v) is 2.73. The van der Waals surface area contributed by atoms with Crippen LogP contribution in [-0.2, 0) is 11.2 Å². The molecule has 6 heteroatoms. The predicted molar refractivity (Wildman–Crippen MR) is 107 cm³/mol. The summed E-state index contributed by atoms with van der Waals surface area (Å²) in [6, 6.07) is 19.1. The first kappa shape index (κ1) is 19.4. The Labute approximate surface area is 164 Å². The SMILES string of the molecule is COc1ccc(-c2ccc(OCCNC(=O)Cc3cccc(C)c3)nn2)cc1. The maximum Gasteiger partial charge on any atom is 0.233 e. The number of carbonyl (C=O) groups excluding carboxylic acids is 1. The molecule has 0 saturated heterocycles. The van der Waals surface area contributed by atoms with Gasteiger partial charge >= 0.3 is 0 Å². The molecule has 0 saturated carbocycles. The third-order valence-corrected chi connectivity index (χ3v) is 4.15. The fraction of sp³-hybridized carbons (Fsp3) is 0.227. The van der Waals surface area contributed by atoms with Gasteiger partial charge in [-0.25, -0.2) is 0 Å². The molecule has 6 nitrogen and oxygen atoms in total. The van der Waals surface area contributed by atoms with E-state index >= 15 is 0 Å². The first-order valence-corrected chi connectivity index (χ1v) is 9.07. The van der Waals surface area contributed by atoms with Crippen LogP contribution in [-0.4, -0.2) is 36.4 Å². The summed E-state index contributed by atoms with van der Waals surface area (Å²) in [6.07, 6.45) is 0.359. The number of ether oxygens (including phenoxy) is 2. The van der Waals surface area contributed by atoms with E-state index in [0.717, 1.165) is 28.1 Å². The monoisotopic (exact) mass is 377 g/mol. The van der Waals surface area contributed by atoms with E-state index in [9.17, 15) is 4.79 Å². The van der Waals surface area contributed by atoms with Crippen molar-refractivity contribution < 1.29 is 14.3 Å². The Kier molecular flexibility index (Phi) is 6.57. The molecule has 0 fully saturated rings. The Morgan fingerprint density at radius 2 is 1.86 bits per heavy atom. The number of aryl methyl sites for hydroxylation is 1. The summed E-state index contributed by atoms with van der Waals surface area (Å²) in [5, 5.41) is 11.1. The molecule has 2 aromatic carbocycles. The van der Waals surface area contributed by atoms with Crippen LogP contribution in [0.3, 0.4) is 0 Å². The summed E-state index contributed by atoms with van der Waals surface area (Å²) in [6.45, 7) is 2.75. The van der Waals surface area contributed by atoms with Gasteiger partial charge in [0.1, 0.15) is 12.4 Å². The van der Waals surface area contributed by atoms with Crippen LogP contribution in [0.1, 0.15) is 11.1 Å². The minimum atomic E-state index is -0.0323. The van der Waals surface area contributed by atoms with Gasteiger partial charge in [0, 0.05) is 11.6 Å². The van der Waals surface area contributed by atoms with Crippen LogP contribution in [0.2, 0.25) is 0 Å². The lowest BCUT2D eigenvalue weighted by Gasteiger charge is -2.08. The van der Waals surface area contributed by atoms with E-state index in [-0.39, 0.29) is 5.91 Å². The van der Waals surface area contributed by atoms with Gasteiger partial charge in [-0.2, -0.15) is 0 Å². The van der Waals surface area contributed by atoms with Crippen LogP contribution in [0.4, 0.5) is 0 Å². The third-order valence-electron chi connectivity index (χ3n) is 4.15. The summed E-state index contributed by atoms with van der Waals surface area (Å²) >= 11 is 0. The summed E-state index contributed by atoms with van der Waals surface area (Å²) in [5.74, 6) is 1.18. The lowest BCUT2D eigenvalue weighted by molar-refractivity contribution is -0.120.